The molecule has 0 saturated heterocycles. The van der Waals surface area contributed by atoms with Gasteiger partial charge in [0, 0.05) is 19.3 Å². The number of alkyl carbamates (subject to hydrolysis) is 1. The van der Waals surface area contributed by atoms with Crippen LogP contribution < -0.4 is 10.6 Å². The number of hydrogen-bond acceptors (Lipinski definition) is 7. The summed E-state index contributed by atoms with van der Waals surface area (Å²) in [5.41, 5.74) is 1.65. The van der Waals surface area contributed by atoms with E-state index in [1.807, 2.05) is 60.7 Å². The molecule has 2 N–H and O–H groups in total. The van der Waals surface area contributed by atoms with Crippen LogP contribution in [-0.4, -0.2) is 47.9 Å². The van der Waals surface area contributed by atoms with Crippen molar-refractivity contribution >= 4 is 38.5 Å². The van der Waals surface area contributed by atoms with E-state index in [0.29, 0.717) is 11.0 Å². The van der Waals surface area contributed by atoms with Crippen molar-refractivity contribution in [2.45, 2.75) is 44.1 Å². The van der Waals surface area contributed by atoms with Crippen LogP contribution in [0.5, 0.6) is 0 Å². The number of carbonyl (C=O) groups is 3. The maximum absolute atomic E-state index is 13.2. The monoisotopic (exact) mass is 531 g/mol. The van der Waals surface area contributed by atoms with Crippen molar-refractivity contribution in [2.24, 2.45) is 5.16 Å². The summed E-state index contributed by atoms with van der Waals surface area (Å²) in [6.45, 7) is 0.0605. The van der Waals surface area contributed by atoms with Crippen molar-refractivity contribution < 1.29 is 28.7 Å². The zero-order valence-corrected chi connectivity index (χ0v) is 20.2. The van der Waals surface area contributed by atoms with Gasteiger partial charge in [0.05, 0.1) is 7.11 Å². The molecule has 0 radical (unpaired) electrons. The van der Waals surface area contributed by atoms with Crippen LogP contribution in [0.25, 0.3) is 0 Å². The standard InChI is InChI=1S/C24H26BrN3O6/c1-32-23(30)20(13-18-14-21(25)28-34-18)26-22(29)19(12-16-8-4-2-5-9-16)27-24(31)33-15-17-10-6-3-7-11-17/h2-11,18-20H,12-15H2,1H3,(H,26,29)(H,27,31)/t18?,19-,20-/m0/s1. The van der Waals surface area contributed by atoms with Crippen molar-refractivity contribution in [1.82, 2.24) is 10.6 Å². The zero-order valence-electron chi connectivity index (χ0n) is 18.6. The van der Waals surface area contributed by atoms with Gasteiger partial charge < -0.3 is 24.9 Å². The van der Waals surface area contributed by atoms with Crippen LogP contribution >= 0.6 is 15.9 Å². The van der Waals surface area contributed by atoms with E-state index in [1.54, 1.807) is 0 Å². The molecule has 1 aliphatic heterocycles. The predicted octanol–water partition coefficient (Wildman–Crippen LogP) is 3.07. The number of esters is 1. The molecule has 0 saturated carbocycles. The Morgan fingerprint density at radius 1 is 1.03 bits per heavy atom. The molecule has 10 heteroatoms. The lowest BCUT2D eigenvalue weighted by molar-refractivity contribution is -0.146. The van der Waals surface area contributed by atoms with Crippen LogP contribution in [0.15, 0.2) is 65.8 Å². The summed E-state index contributed by atoms with van der Waals surface area (Å²) in [5, 5.41) is 9.10. The first-order valence-electron chi connectivity index (χ1n) is 10.7. The molecule has 34 heavy (non-hydrogen) atoms. The lowest BCUT2D eigenvalue weighted by Gasteiger charge is -2.23. The maximum atomic E-state index is 13.2. The van der Waals surface area contributed by atoms with E-state index in [-0.39, 0.29) is 19.4 Å². The summed E-state index contributed by atoms with van der Waals surface area (Å²) in [7, 11) is 1.24. The van der Waals surface area contributed by atoms with E-state index in [2.05, 4.69) is 31.7 Å². The molecule has 3 rings (SSSR count). The van der Waals surface area contributed by atoms with Crippen molar-refractivity contribution in [3.8, 4) is 0 Å². The Labute approximate surface area is 206 Å². The smallest absolute Gasteiger partial charge is 0.408 e. The summed E-state index contributed by atoms with van der Waals surface area (Å²) in [4.78, 5) is 43.2. The van der Waals surface area contributed by atoms with Crippen LogP contribution in [0.1, 0.15) is 24.0 Å². The Kier molecular flexibility index (Phi) is 9.45. The fourth-order valence-electron chi connectivity index (χ4n) is 3.38. The molecule has 1 unspecified atom stereocenters. The van der Waals surface area contributed by atoms with E-state index < -0.39 is 36.2 Å². The largest absolute Gasteiger partial charge is 0.467 e. The van der Waals surface area contributed by atoms with E-state index in [0.717, 1.165) is 11.1 Å². The van der Waals surface area contributed by atoms with Crippen LogP contribution in [0.2, 0.25) is 0 Å². The molecule has 0 spiro atoms. The molecule has 1 heterocycles. The van der Waals surface area contributed by atoms with Crippen molar-refractivity contribution in [1.29, 1.82) is 0 Å². The number of benzene rings is 2. The summed E-state index contributed by atoms with van der Waals surface area (Å²) < 4.78 is 10.7. The second kappa shape index (κ2) is 12.7. The zero-order chi connectivity index (χ0) is 24.3. The molecule has 0 bridgehead atoms. The van der Waals surface area contributed by atoms with Crippen molar-refractivity contribution in [3.05, 3.63) is 71.8 Å². The Balaban J connectivity index is 1.66. The molecule has 2 aromatic rings. The minimum atomic E-state index is -0.981. The molecule has 0 fully saturated rings. The SMILES string of the molecule is COC(=O)[C@H](CC1CC(Br)=NO1)NC(=O)[C@H](Cc1ccccc1)NC(=O)OCc1ccccc1. The van der Waals surface area contributed by atoms with Gasteiger partial charge in [-0.25, -0.2) is 9.59 Å². The van der Waals surface area contributed by atoms with Gasteiger partial charge in [0.25, 0.3) is 0 Å². The van der Waals surface area contributed by atoms with Gasteiger partial charge in [-0.3, -0.25) is 4.79 Å². The van der Waals surface area contributed by atoms with Crippen LogP contribution in [0.3, 0.4) is 0 Å². The molecule has 2 amide bonds. The third kappa shape index (κ3) is 7.87. The Hall–Kier alpha value is -3.40. The van der Waals surface area contributed by atoms with Gasteiger partial charge >= 0.3 is 12.1 Å². The summed E-state index contributed by atoms with van der Waals surface area (Å²) in [6.07, 6.45) is -0.301. The van der Waals surface area contributed by atoms with E-state index in [1.165, 1.54) is 7.11 Å². The number of halogens is 1. The van der Waals surface area contributed by atoms with Crippen molar-refractivity contribution in [2.75, 3.05) is 7.11 Å². The highest BCUT2D eigenvalue weighted by Gasteiger charge is 2.32. The minimum Gasteiger partial charge on any atom is -0.467 e. The Morgan fingerprint density at radius 2 is 1.68 bits per heavy atom. The lowest BCUT2D eigenvalue weighted by atomic mass is 10.0. The molecule has 0 aromatic heterocycles. The first-order chi connectivity index (χ1) is 16.4. The Bertz CT molecular complexity index is 1000. The molecule has 3 atom stereocenters. The first kappa shape index (κ1) is 25.2. The normalized spacial score (nSPS) is 16.4. The minimum absolute atomic E-state index is 0.0605. The predicted molar refractivity (Wildman–Crippen MR) is 128 cm³/mol. The van der Waals surface area contributed by atoms with Crippen LogP contribution in [0.4, 0.5) is 4.79 Å². The van der Waals surface area contributed by atoms with E-state index in [9.17, 15) is 14.4 Å². The highest BCUT2D eigenvalue weighted by Crippen LogP contribution is 2.19. The average Bonchev–Trinajstić information content (AvgIpc) is 3.27. The quantitative estimate of drug-likeness (QED) is 0.455. The highest BCUT2D eigenvalue weighted by molar-refractivity contribution is 9.18. The summed E-state index contributed by atoms with van der Waals surface area (Å²) >= 11 is 3.25. The molecular weight excluding hydrogens is 506 g/mol. The fourth-order valence-corrected chi connectivity index (χ4v) is 3.82. The maximum Gasteiger partial charge on any atom is 0.408 e. The van der Waals surface area contributed by atoms with Crippen molar-refractivity contribution in [3.63, 3.8) is 0 Å². The van der Waals surface area contributed by atoms with Gasteiger partial charge in [0.15, 0.2) is 0 Å². The number of nitrogens with zero attached hydrogens (tertiary/aromatic N) is 1. The first-order valence-corrected chi connectivity index (χ1v) is 11.5. The van der Waals surface area contributed by atoms with Gasteiger partial charge in [0.1, 0.15) is 29.4 Å². The second-order valence-corrected chi connectivity index (χ2v) is 8.58. The molecule has 2 aromatic carbocycles. The number of hydrogen-bond donors (Lipinski definition) is 2. The molecule has 9 nitrogen and oxygen atoms in total. The van der Waals surface area contributed by atoms with Crippen LogP contribution in [0, 0.1) is 0 Å². The molecular formula is C24H26BrN3O6. The van der Waals surface area contributed by atoms with E-state index in [4.69, 9.17) is 14.3 Å². The number of carbonyl (C=O) groups excluding carboxylic acids is 3. The summed E-state index contributed by atoms with van der Waals surface area (Å²) in [5.74, 6) is -1.17. The Morgan fingerprint density at radius 3 is 2.26 bits per heavy atom. The topological polar surface area (TPSA) is 115 Å². The van der Waals surface area contributed by atoms with Crippen LogP contribution in [-0.2, 0) is 36.9 Å². The third-order valence-corrected chi connectivity index (χ3v) is 5.57. The number of rotatable bonds is 10. The van der Waals surface area contributed by atoms with Gasteiger partial charge in [-0.2, -0.15) is 0 Å². The molecule has 180 valence electrons. The van der Waals surface area contributed by atoms with Gasteiger partial charge in [-0.1, -0.05) is 65.8 Å². The van der Waals surface area contributed by atoms with Gasteiger partial charge in [-0.05, 0) is 27.1 Å². The highest BCUT2D eigenvalue weighted by atomic mass is 79.9. The lowest BCUT2D eigenvalue weighted by Crippen LogP contribution is -2.53. The number of nitrogens with one attached hydrogen (secondary N) is 2. The van der Waals surface area contributed by atoms with E-state index >= 15 is 0 Å². The molecule has 1 aliphatic rings. The molecule has 0 aliphatic carbocycles. The second-order valence-electron chi connectivity index (χ2n) is 7.67. The third-order valence-electron chi connectivity index (χ3n) is 5.10. The number of ether oxygens (including phenoxy) is 2. The average molecular weight is 532 g/mol. The number of oxime groups is 1. The summed E-state index contributed by atoms with van der Waals surface area (Å²) in [6, 6.07) is 16.5. The number of amides is 2. The van der Waals surface area contributed by atoms with Gasteiger partial charge in [0.2, 0.25) is 5.91 Å². The fraction of sp³-hybridized carbons (Fsp3) is 0.333. The van der Waals surface area contributed by atoms with Gasteiger partial charge in [-0.15, -0.1) is 0 Å². The number of methoxy groups -OCH3 is 1.